The lowest BCUT2D eigenvalue weighted by molar-refractivity contribution is -0.115. The van der Waals surface area contributed by atoms with Gasteiger partial charge in [-0.1, -0.05) is 19.9 Å². The third-order valence-corrected chi connectivity index (χ3v) is 3.81. The van der Waals surface area contributed by atoms with E-state index in [1.807, 2.05) is 0 Å². The average molecular weight is 286 g/mol. The van der Waals surface area contributed by atoms with Gasteiger partial charge in [0, 0.05) is 5.56 Å². The molecule has 3 atom stereocenters. The third-order valence-electron chi connectivity index (χ3n) is 3.20. The molecule has 0 saturated carbocycles. The first-order chi connectivity index (χ1) is 8.99. The summed E-state index contributed by atoms with van der Waals surface area (Å²) < 4.78 is 10.5. The number of methoxy groups -OCH3 is 1. The monoisotopic (exact) mass is 286 g/mol. The fraction of sp³-hybridized carbons (Fsp3) is 0.571. The third kappa shape index (κ3) is 4.64. The molecular weight excluding hydrogens is 263 g/mol. The Morgan fingerprint density at radius 3 is 2.53 bits per heavy atom. The van der Waals surface area contributed by atoms with Gasteiger partial charge in [0.25, 0.3) is 0 Å². The fourth-order valence-electron chi connectivity index (χ4n) is 1.69. The molecule has 0 heterocycles. The van der Waals surface area contributed by atoms with Crippen LogP contribution < -0.4 is 4.74 Å². The van der Waals surface area contributed by atoms with Crippen LogP contribution in [0, 0.1) is 11.8 Å². The molecule has 0 radical (unpaired) electrons. The normalized spacial score (nSPS) is 14.4. The number of phenolic OH excluding ortho intramolecular Hbond substituents is 1. The van der Waals surface area contributed by atoms with Gasteiger partial charge >= 0.3 is 0 Å². The molecule has 0 aliphatic heterocycles. The van der Waals surface area contributed by atoms with Gasteiger partial charge in [-0.25, -0.2) is 0 Å². The molecule has 1 aromatic rings. The minimum absolute atomic E-state index is 0.0449. The van der Waals surface area contributed by atoms with Crippen molar-refractivity contribution in [1.29, 1.82) is 0 Å². The molecule has 0 saturated heterocycles. The Kier molecular flexibility index (Phi) is 6.56. The van der Waals surface area contributed by atoms with Crippen LogP contribution in [0.1, 0.15) is 25.7 Å². The van der Waals surface area contributed by atoms with E-state index >= 15 is 0 Å². The number of hydrogen-bond acceptors (Lipinski definition) is 4. The van der Waals surface area contributed by atoms with E-state index in [2.05, 4.69) is 23.1 Å². The molecule has 1 aromatic carbocycles. The molecule has 4 nitrogen and oxygen atoms in total. The summed E-state index contributed by atoms with van der Waals surface area (Å²) >= 11 is 0. The Morgan fingerprint density at radius 1 is 1.32 bits per heavy atom. The lowest BCUT2D eigenvalue weighted by atomic mass is 9.99. The first-order valence-electron chi connectivity index (χ1n) is 6.36. The van der Waals surface area contributed by atoms with Crippen molar-refractivity contribution in [2.75, 3.05) is 19.9 Å². The van der Waals surface area contributed by atoms with Gasteiger partial charge in [0.2, 0.25) is 0 Å². The van der Waals surface area contributed by atoms with Gasteiger partial charge in [-0.15, -0.1) is 9.24 Å². The van der Waals surface area contributed by atoms with Gasteiger partial charge in [-0.05, 0) is 30.1 Å². The smallest absolute Gasteiger partial charge is 0.181 e. The molecule has 5 heteroatoms. The molecule has 0 spiro atoms. The summed E-state index contributed by atoms with van der Waals surface area (Å²) in [5.41, 5.74) is 0.570. The van der Waals surface area contributed by atoms with Gasteiger partial charge in [0.05, 0.1) is 13.7 Å². The van der Waals surface area contributed by atoms with E-state index in [4.69, 9.17) is 9.47 Å². The summed E-state index contributed by atoms with van der Waals surface area (Å²) in [6, 6.07) is 4.68. The van der Waals surface area contributed by atoms with Crippen molar-refractivity contribution in [3.8, 4) is 11.5 Å². The van der Waals surface area contributed by atoms with Crippen LogP contribution in [-0.4, -0.2) is 30.1 Å². The number of rotatable bonds is 7. The molecule has 2 N–H and O–H groups in total. The molecule has 1 rings (SSSR count). The predicted molar refractivity (Wildman–Crippen MR) is 78.5 cm³/mol. The first-order valence-corrected chi connectivity index (χ1v) is 7.17. The van der Waals surface area contributed by atoms with Crippen LogP contribution in [0.2, 0.25) is 0 Å². The van der Waals surface area contributed by atoms with Crippen molar-refractivity contribution in [3.05, 3.63) is 23.8 Å². The van der Waals surface area contributed by atoms with E-state index < -0.39 is 6.29 Å². The molecule has 0 aliphatic rings. The van der Waals surface area contributed by atoms with Crippen molar-refractivity contribution in [1.82, 2.24) is 0 Å². The molecule has 0 aliphatic carbocycles. The summed E-state index contributed by atoms with van der Waals surface area (Å²) in [4.78, 5) is 0. The van der Waals surface area contributed by atoms with Crippen LogP contribution in [0.3, 0.4) is 0 Å². The number of hydrogen-bond donors (Lipinski definition) is 2. The van der Waals surface area contributed by atoms with E-state index in [0.717, 1.165) is 6.16 Å². The van der Waals surface area contributed by atoms with Crippen LogP contribution in [0.4, 0.5) is 0 Å². The summed E-state index contributed by atoms with van der Waals surface area (Å²) in [5.74, 6) is 1.26. The van der Waals surface area contributed by atoms with Gasteiger partial charge < -0.3 is 19.7 Å². The van der Waals surface area contributed by atoms with E-state index in [1.54, 1.807) is 12.1 Å². The highest BCUT2D eigenvalue weighted by Crippen LogP contribution is 2.29. The average Bonchev–Trinajstić information content (AvgIpc) is 2.39. The maximum atomic E-state index is 9.99. The SMILES string of the molecule is COc1cc(C(O)OCC(CP)C(C)C)ccc1O. The van der Waals surface area contributed by atoms with Crippen molar-refractivity contribution in [3.63, 3.8) is 0 Å². The van der Waals surface area contributed by atoms with E-state index in [9.17, 15) is 10.2 Å². The van der Waals surface area contributed by atoms with E-state index in [-0.39, 0.29) is 5.75 Å². The van der Waals surface area contributed by atoms with Crippen molar-refractivity contribution in [2.45, 2.75) is 20.1 Å². The van der Waals surface area contributed by atoms with Crippen LogP contribution in [-0.2, 0) is 4.74 Å². The van der Waals surface area contributed by atoms with Crippen molar-refractivity contribution in [2.24, 2.45) is 11.8 Å². The Labute approximate surface area is 116 Å². The molecule has 0 fully saturated rings. The van der Waals surface area contributed by atoms with Gasteiger partial charge in [0.1, 0.15) is 0 Å². The highest BCUT2D eigenvalue weighted by Gasteiger charge is 2.16. The molecular formula is C14H23O4P. The molecule has 0 aromatic heterocycles. The zero-order valence-electron chi connectivity index (χ0n) is 11.7. The van der Waals surface area contributed by atoms with Gasteiger partial charge in [-0.2, -0.15) is 0 Å². The Hall–Kier alpha value is -0.830. The topological polar surface area (TPSA) is 58.9 Å². The summed E-state index contributed by atoms with van der Waals surface area (Å²) in [6.45, 7) is 4.76. The largest absolute Gasteiger partial charge is 0.504 e. The number of benzene rings is 1. The maximum absolute atomic E-state index is 9.99. The Bertz CT molecular complexity index is 395. The molecule has 0 amide bonds. The van der Waals surface area contributed by atoms with E-state index in [0.29, 0.717) is 29.8 Å². The van der Waals surface area contributed by atoms with Crippen LogP contribution in [0.5, 0.6) is 11.5 Å². The summed E-state index contributed by atoms with van der Waals surface area (Å²) in [5, 5.41) is 19.5. The highest BCUT2D eigenvalue weighted by atomic mass is 31.0. The zero-order valence-corrected chi connectivity index (χ0v) is 12.8. The lowest BCUT2D eigenvalue weighted by Gasteiger charge is -2.21. The summed E-state index contributed by atoms with van der Waals surface area (Å²) in [7, 11) is 4.17. The number of phenols is 1. The molecule has 19 heavy (non-hydrogen) atoms. The highest BCUT2D eigenvalue weighted by molar-refractivity contribution is 7.16. The minimum atomic E-state index is -1.01. The molecule has 3 unspecified atom stereocenters. The zero-order chi connectivity index (χ0) is 14.4. The van der Waals surface area contributed by atoms with Crippen molar-refractivity contribution < 1.29 is 19.7 Å². The van der Waals surface area contributed by atoms with Crippen LogP contribution in [0.15, 0.2) is 18.2 Å². The Morgan fingerprint density at radius 2 is 2.00 bits per heavy atom. The number of aliphatic hydroxyl groups excluding tert-OH is 1. The second-order valence-electron chi connectivity index (χ2n) is 4.86. The lowest BCUT2D eigenvalue weighted by Crippen LogP contribution is -2.19. The molecule has 108 valence electrons. The predicted octanol–water partition coefficient (Wildman–Crippen LogP) is 2.56. The fourth-order valence-corrected chi connectivity index (χ4v) is 2.37. The standard InChI is InChI=1S/C14H23O4P/c1-9(2)11(8-19)7-18-14(16)10-4-5-12(15)13(6-10)17-3/h4-6,9,11,14-16H,7-8,19H2,1-3H3. The first kappa shape index (κ1) is 16.2. The van der Waals surface area contributed by atoms with E-state index in [1.165, 1.54) is 13.2 Å². The van der Waals surface area contributed by atoms with Crippen LogP contribution in [0.25, 0.3) is 0 Å². The second-order valence-corrected chi connectivity index (χ2v) is 5.33. The van der Waals surface area contributed by atoms with Gasteiger partial charge in [-0.3, -0.25) is 0 Å². The minimum Gasteiger partial charge on any atom is -0.504 e. The quantitative estimate of drug-likeness (QED) is 0.597. The summed E-state index contributed by atoms with van der Waals surface area (Å²) in [6.07, 6.45) is -0.0733. The number of aromatic hydroxyl groups is 1. The number of ether oxygens (including phenoxy) is 2. The molecule has 0 bridgehead atoms. The Balaban J connectivity index is 2.65. The maximum Gasteiger partial charge on any atom is 0.181 e. The van der Waals surface area contributed by atoms with Gasteiger partial charge in [0.15, 0.2) is 17.8 Å². The van der Waals surface area contributed by atoms with Crippen molar-refractivity contribution >= 4 is 9.24 Å². The van der Waals surface area contributed by atoms with Crippen LogP contribution >= 0.6 is 9.24 Å². The second kappa shape index (κ2) is 7.68. The number of aliphatic hydroxyl groups is 1.